The fraction of sp³-hybridized carbons (Fsp3) is 0.333. The molecule has 2 aromatic carbocycles. The van der Waals surface area contributed by atoms with E-state index < -0.39 is 0 Å². The van der Waals surface area contributed by atoms with Crippen molar-refractivity contribution in [3.8, 4) is 0 Å². The molecule has 0 N–H and O–H groups in total. The van der Waals surface area contributed by atoms with Crippen molar-refractivity contribution in [1.29, 1.82) is 0 Å². The van der Waals surface area contributed by atoms with Gasteiger partial charge in [0.2, 0.25) is 0 Å². The highest BCUT2D eigenvalue weighted by atomic mass is 35.5. The van der Waals surface area contributed by atoms with E-state index in [-0.39, 0.29) is 5.38 Å². The van der Waals surface area contributed by atoms with Crippen molar-refractivity contribution in [3.05, 3.63) is 69.8 Å². The summed E-state index contributed by atoms with van der Waals surface area (Å²) in [5.74, 6) is 0. The third-order valence-corrected chi connectivity index (χ3v) is 4.96. The van der Waals surface area contributed by atoms with Gasteiger partial charge in [0.05, 0.1) is 18.6 Å². The van der Waals surface area contributed by atoms with Crippen molar-refractivity contribution in [2.45, 2.75) is 37.9 Å². The molecule has 1 unspecified atom stereocenters. The first-order valence-electron chi connectivity index (χ1n) is 7.26. The van der Waals surface area contributed by atoms with Crippen LogP contribution in [0.4, 0.5) is 0 Å². The summed E-state index contributed by atoms with van der Waals surface area (Å²) in [7, 11) is 0. The van der Waals surface area contributed by atoms with E-state index in [1.807, 2.05) is 0 Å². The molecule has 1 nitrogen and oxygen atoms in total. The number of fused-ring (bicyclic) bond motifs is 2. The van der Waals surface area contributed by atoms with E-state index in [1.54, 1.807) is 0 Å². The van der Waals surface area contributed by atoms with E-state index in [9.17, 15) is 0 Å². The van der Waals surface area contributed by atoms with Crippen LogP contribution >= 0.6 is 11.6 Å². The molecule has 0 saturated heterocycles. The van der Waals surface area contributed by atoms with Crippen LogP contribution in [-0.4, -0.2) is 0 Å². The lowest BCUT2D eigenvalue weighted by molar-refractivity contribution is 0.134. The molecule has 2 aromatic rings. The molecule has 0 bridgehead atoms. The molecule has 0 aromatic heterocycles. The van der Waals surface area contributed by atoms with Crippen LogP contribution in [0.2, 0.25) is 0 Å². The van der Waals surface area contributed by atoms with Gasteiger partial charge in [-0.05, 0) is 52.6 Å². The lowest BCUT2D eigenvalue weighted by Gasteiger charge is -2.13. The largest absolute Gasteiger partial charge is 0.372 e. The number of hydrogen-bond acceptors (Lipinski definition) is 1. The first kappa shape index (κ1) is 12.4. The first-order valence-corrected chi connectivity index (χ1v) is 7.70. The minimum atomic E-state index is -0.0631. The second-order valence-electron chi connectivity index (χ2n) is 5.77. The zero-order chi connectivity index (χ0) is 13.5. The zero-order valence-corrected chi connectivity index (χ0v) is 12.1. The average molecular weight is 285 g/mol. The van der Waals surface area contributed by atoms with E-state index in [2.05, 4.69) is 36.4 Å². The maximum absolute atomic E-state index is 6.69. The highest BCUT2D eigenvalue weighted by Crippen LogP contribution is 2.34. The third kappa shape index (κ3) is 2.06. The van der Waals surface area contributed by atoms with Crippen LogP contribution in [0.3, 0.4) is 0 Å². The van der Waals surface area contributed by atoms with Crippen LogP contribution < -0.4 is 0 Å². The molecule has 1 heterocycles. The van der Waals surface area contributed by atoms with Crippen molar-refractivity contribution < 1.29 is 4.74 Å². The number of aryl methyl sites for hydroxylation is 2. The Bertz CT molecular complexity index is 605. The summed E-state index contributed by atoms with van der Waals surface area (Å²) in [5, 5.41) is -0.0631. The SMILES string of the molecule is ClC(c1ccc2c(c1)CCC2)c1ccc2c(c1)COC2. The van der Waals surface area contributed by atoms with Gasteiger partial charge >= 0.3 is 0 Å². The van der Waals surface area contributed by atoms with Crippen molar-refractivity contribution in [3.63, 3.8) is 0 Å². The van der Waals surface area contributed by atoms with Gasteiger partial charge in [-0.3, -0.25) is 0 Å². The van der Waals surface area contributed by atoms with Gasteiger partial charge in [-0.1, -0.05) is 36.4 Å². The molecule has 1 aliphatic carbocycles. The van der Waals surface area contributed by atoms with Gasteiger partial charge in [0, 0.05) is 0 Å². The number of benzene rings is 2. The van der Waals surface area contributed by atoms with E-state index in [1.165, 1.54) is 52.6 Å². The van der Waals surface area contributed by atoms with Crippen molar-refractivity contribution in [2.75, 3.05) is 0 Å². The predicted octanol–water partition coefficient (Wildman–Crippen LogP) is 4.53. The molecule has 0 fully saturated rings. The Balaban J connectivity index is 1.68. The van der Waals surface area contributed by atoms with E-state index >= 15 is 0 Å². The van der Waals surface area contributed by atoms with Gasteiger partial charge in [-0.25, -0.2) is 0 Å². The summed E-state index contributed by atoms with van der Waals surface area (Å²) in [5.41, 5.74) is 7.96. The third-order valence-electron chi connectivity index (χ3n) is 4.45. The average Bonchev–Trinajstić information content (AvgIpc) is 3.13. The molecule has 1 aliphatic heterocycles. The Morgan fingerprint density at radius 2 is 1.45 bits per heavy atom. The number of alkyl halides is 1. The normalized spacial score (nSPS) is 17.9. The molecule has 2 heteroatoms. The number of rotatable bonds is 2. The van der Waals surface area contributed by atoms with Crippen LogP contribution in [-0.2, 0) is 30.8 Å². The molecule has 0 radical (unpaired) electrons. The highest BCUT2D eigenvalue weighted by Gasteiger charge is 2.18. The Morgan fingerprint density at radius 1 is 0.800 bits per heavy atom. The summed E-state index contributed by atoms with van der Waals surface area (Å²) < 4.78 is 5.47. The van der Waals surface area contributed by atoms with Crippen molar-refractivity contribution >= 4 is 11.6 Å². The number of halogens is 1. The smallest absolute Gasteiger partial charge is 0.0835 e. The molecular weight excluding hydrogens is 268 g/mol. The minimum absolute atomic E-state index is 0.0631. The molecule has 2 aliphatic rings. The number of hydrogen-bond donors (Lipinski definition) is 0. The molecular formula is C18H17ClO. The quantitative estimate of drug-likeness (QED) is 0.736. The Hall–Kier alpha value is -1.31. The van der Waals surface area contributed by atoms with Crippen molar-refractivity contribution in [1.82, 2.24) is 0 Å². The van der Waals surface area contributed by atoms with Crippen LogP contribution in [0.15, 0.2) is 36.4 Å². The van der Waals surface area contributed by atoms with Crippen molar-refractivity contribution in [2.24, 2.45) is 0 Å². The van der Waals surface area contributed by atoms with Gasteiger partial charge < -0.3 is 4.74 Å². The summed E-state index contributed by atoms with van der Waals surface area (Å²) in [6.45, 7) is 1.46. The van der Waals surface area contributed by atoms with Crippen LogP contribution in [0.25, 0.3) is 0 Å². The molecule has 102 valence electrons. The van der Waals surface area contributed by atoms with Gasteiger partial charge in [0.25, 0.3) is 0 Å². The summed E-state index contributed by atoms with van der Waals surface area (Å²) in [6.07, 6.45) is 3.70. The second-order valence-corrected chi connectivity index (χ2v) is 6.20. The fourth-order valence-corrected chi connectivity index (χ4v) is 3.56. The van der Waals surface area contributed by atoms with Gasteiger partial charge in [0.1, 0.15) is 0 Å². The maximum atomic E-state index is 6.69. The predicted molar refractivity (Wildman–Crippen MR) is 81.1 cm³/mol. The van der Waals surface area contributed by atoms with E-state index in [0.717, 1.165) is 13.2 Å². The van der Waals surface area contributed by atoms with Crippen LogP contribution in [0, 0.1) is 0 Å². The minimum Gasteiger partial charge on any atom is -0.372 e. The molecule has 1 atom stereocenters. The monoisotopic (exact) mass is 284 g/mol. The Morgan fingerprint density at radius 3 is 2.30 bits per heavy atom. The Labute approximate surface area is 124 Å². The molecule has 20 heavy (non-hydrogen) atoms. The lowest BCUT2D eigenvalue weighted by Crippen LogP contribution is -1.97. The summed E-state index contributed by atoms with van der Waals surface area (Å²) in [4.78, 5) is 0. The van der Waals surface area contributed by atoms with Crippen LogP contribution in [0.1, 0.15) is 45.2 Å². The molecule has 4 rings (SSSR count). The standard InChI is InChI=1S/C18H17ClO/c19-18(14-5-4-12-2-1-3-13(12)8-14)15-6-7-16-10-20-11-17(16)9-15/h4-9,18H,1-3,10-11H2. The fourth-order valence-electron chi connectivity index (χ4n) is 3.29. The summed E-state index contributed by atoms with van der Waals surface area (Å²) >= 11 is 6.69. The summed E-state index contributed by atoms with van der Waals surface area (Å²) in [6, 6.07) is 13.2. The van der Waals surface area contributed by atoms with Gasteiger partial charge in [-0.2, -0.15) is 0 Å². The second kappa shape index (κ2) is 4.91. The first-order chi connectivity index (χ1) is 9.81. The Kier molecular flexibility index (Phi) is 3.05. The van der Waals surface area contributed by atoms with Gasteiger partial charge in [0.15, 0.2) is 0 Å². The molecule has 0 spiro atoms. The topological polar surface area (TPSA) is 9.23 Å². The van der Waals surface area contributed by atoms with E-state index in [4.69, 9.17) is 16.3 Å². The van der Waals surface area contributed by atoms with E-state index in [0.29, 0.717) is 0 Å². The van der Waals surface area contributed by atoms with Gasteiger partial charge in [-0.15, -0.1) is 11.6 Å². The lowest BCUT2D eigenvalue weighted by atomic mass is 9.97. The molecule has 0 amide bonds. The maximum Gasteiger partial charge on any atom is 0.0835 e. The highest BCUT2D eigenvalue weighted by molar-refractivity contribution is 6.22. The van der Waals surface area contributed by atoms with Crippen LogP contribution in [0.5, 0.6) is 0 Å². The molecule has 0 saturated carbocycles. The zero-order valence-electron chi connectivity index (χ0n) is 11.4. The number of ether oxygens (including phenoxy) is 1.